The monoisotopic (exact) mass is 357 g/mol. The number of hydrogen-bond acceptors (Lipinski definition) is 6. The third-order valence-electron chi connectivity index (χ3n) is 4.97. The van der Waals surface area contributed by atoms with Crippen molar-refractivity contribution < 1.29 is 0 Å². The van der Waals surface area contributed by atoms with Crippen LogP contribution >= 0.6 is 0 Å². The summed E-state index contributed by atoms with van der Waals surface area (Å²) >= 11 is 0. The number of aryl methyl sites for hydroxylation is 1. The highest BCUT2D eigenvalue weighted by molar-refractivity contribution is 5.88. The normalized spacial score (nSPS) is 13.7. The number of anilines is 2. The molecule has 0 atom stereocenters. The molecule has 134 valence electrons. The molecule has 0 amide bonds. The second kappa shape index (κ2) is 6.44. The van der Waals surface area contributed by atoms with Crippen molar-refractivity contribution in [2.24, 2.45) is 5.73 Å². The van der Waals surface area contributed by atoms with E-state index in [1.165, 1.54) is 0 Å². The van der Waals surface area contributed by atoms with Crippen LogP contribution in [0, 0.1) is 0 Å². The number of aromatic amines is 1. The van der Waals surface area contributed by atoms with Crippen molar-refractivity contribution in [3.05, 3.63) is 60.0 Å². The van der Waals surface area contributed by atoms with Gasteiger partial charge in [-0.1, -0.05) is 24.3 Å². The standard InChI is InChI=1S/C20H19N7/c21-11-13-5-1-2-6-14(13)16-12-23-18-19(24-16)25-26-20(18)27-10-4-7-15-17(27)8-3-9-22-15/h1-3,5-6,8-9,12H,4,7,10-11,21H2,(H,24,25,26). The quantitative estimate of drug-likeness (QED) is 0.585. The predicted molar refractivity (Wildman–Crippen MR) is 105 cm³/mol. The molecular weight excluding hydrogens is 338 g/mol. The van der Waals surface area contributed by atoms with Crippen LogP contribution in [0.25, 0.3) is 22.4 Å². The molecule has 4 aromatic rings. The topological polar surface area (TPSA) is 96.6 Å². The zero-order valence-electron chi connectivity index (χ0n) is 14.8. The summed E-state index contributed by atoms with van der Waals surface area (Å²) in [7, 11) is 0. The Hall–Kier alpha value is -3.32. The zero-order chi connectivity index (χ0) is 18.2. The Labute approximate surface area is 156 Å². The molecule has 5 rings (SSSR count). The lowest BCUT2D eigenvalue weighted by atomic mass is 10.1. The Morgan fingerprint density at radius 2 is 2.04 bits per heavy atom. The maximum Gasteiger partial charge on any atom is 0.183 e. The molecule has 0 saturated heterocycles. The number of hydrogen-bond donors (Lipinski definition) is 2. The molecule has 0 fully saturated rings. The van der Waals surface area contributed by atoms with Gasteiger partial charge in [0.05, 0.1) is 23.3 Å². The van der Waals surface area contributed by atoms with Crippen LogP contribution < -0.4 is 10.6 Å². The number of H-pyrrole nitrogens is 1. The van der Waals surface area contributed by atoms with Crippen molar-refractivity contribution >= 4 is 22.7 Å². The minimum absolute atomic E-state index is 0.460. The van der Waals surface area contributed by atoms with Gasteiger partial charge in [0.2, 0.25) is 0 Å². The smallest absolute Gasteiger partial charge is 0.183 e. The number of aromatic nitrogens is 5. The summed E-state index contributed by atoms with van der Waals surface area (Å²) in [6.45, 7) is 1.35. The van der Waals surface area contributed by atoms with Crippen LogP contribution in [-0.4, -0.2) is 31.7 Å². The van der Waals surface area contributed by atoms with Gasteiger partial charge in [0.15, 0.2) is 17.0 Å². The molecule has 0 aliphatic carbocycles. The average Bonchev–Trinajstić information content (AvgIpc) is 3.16. The maximum absolute atomic E-state index is 5.87. The van der Waals surface area contributed by atoms with E-state index in [1.54, 1.807) is 6.20 Å². The maximum atomic E-state index is 5.87. The minimum Gasteiger partial charge on any atom is -0.326 e. The van der Waals surface area contributed by atoms with Gasteiger partial charge < -0.3 is 10.6 Å². The first-order valence-electron chi connectivity index (χ1n) is 9.06. The molecule has 1 aliphatic rings. The van der Waals surface area contributed by atoms with E-state index in [0.29, 0.717) is 12.2 Å². The molecule has 0 bridgehead atoms. The Bertz CT molecular complexity index is 1120. The first kappa shape index (κ1) is 15.9. The van der Waals surface area contributed by atoms with Crippen molar-refractivity contribution in [2.45, 2.75) is 19.4 Å². The summed E-state index contributed by atoms with van der Waals surface area (Å²) in [6, 6.07) is 12.0. The van der Waals surface area contributed by atoms with E-state index in [2.05, 4.69) is 31.1 Å². The summed E-state index contributed by atoms with van der Waals surface area (Å²) in [5.41, 5.74) is 12.3. The fraction of sp³-hybridized carbons (Fsp3) is 0.200. The Balaban J connectivity index is 1.60. The fourth-order valence-electron chi connectivity index (χ4n) is 3.67. The molecule has 0 saturated carbocycles. The van der Waals surface area contributed by atoms with Crippen LogP contribution in [0.2, 0.25) is 0 Å². The van der Waals surface area contributed by atoms with Gasteiger partial charge >= 0.3 is 0 Å². The molecule has 0 radical (unpaired) electrons. The minimum atomic E-state index is 0.460. The number of fused-ring (bicyclic) bond motifs is 2. The van der Waals surface area contributed by atoms with Crippen molar-refractivity contribution in [2.75, 3.05) is 11.4 Å². The number of nitrogens with zero attached hydrogens (tertiary/aromatic N) is 5. The molecule has 1 aromatic carbocycles. The van der Waals surface area contributed by atoms with Gasteiger partial charge in [-0.2, -0.15) is 5.10 Å². The number of rotatable bonds is 3. The summed E-state index contributed by atoms with van der Waals surface area (Å²) in [4.78, 5) is 16.1. The van der Waals surface area contributed by atoms with Crippen molar-refractivity contribution in [3.63, 3.8) is 0 Å². The molecule has 7 nitrogen and oxygen atoms in total. The predicted octanol–water partition coefficient (Wildman–Crippen LogP) is 2.96. The Morgan fingerprint density at radius 3 is 2.96 bits per heavy atom. The van der Waals surface area contributed by atoms with Gasteiger partial charge in [0.1, 0.15) is 0 Å². The van der Waals surface area contributed by atoms with Crippen LogP contribution in [-0.2, 0) is 13.0 Å². The molecule has 0 spiro atoms. The van der Waals surface area contributed by atoms with Crippen LogP contribution in [0.3, 0.4) is 0 Å². The van der Waals surface area contributed by atoms with Gasteiger partial charge in [0.25, 0.3) is 0 Å². The second-order valence-corrected chi connectivity index (χ2v) is 6.59. The van der Waals surface area contributed by atoms with E-state index >= 15 is 0 Å². The lowest BCUT2D eigenvalue weighted by Crippen LogP contribution is -2.25. The van der Waals surface area contributed by atoms with Crippen LogP contribution in [0.1, 0.15) is 17.7 Å². The lowest BCUT2D eigenvalue weighted by Gasteiger charge is -2.28. The fourth-order valence-corrected chi connectivity index (χ4v) is 3.67. The largest absolute Gasteiger partial charge is 0.326 e. The molecule has 7 heteroatoms. The zero-order valence-corrected chi connectivity index (χ0v) is 14.8. The highest BCUT2D eigenvalue weighted by Crippen LogP contribution is 2.34. The molecule has 4 heterocycles. The van der Waals surface area contributed by atoms with Crippen LogP contribution in [0.15, 0.2) is 48.8 Å². The van der Waals surface area contributed by atoms with E-state index in [4.69, 9.17) is 10.7 Å². The molecule has 27 heavy (non-hydrogen) atoms. The summed E-state index contributed by atoms with van der Waals surface area (Å²) in [6.07, 6.45) is 5.66. The van der Waals surface area contributed by atoms with E-state index < -0.39 is 0 Å². The highest BCUT2D eigenvalue weighted by Gasteiger charge is 2.23. The second-order valence-electron chi connectivity index (χ2n) is 6.59. The first-order valence-corrected chi connectivity index (χ1v) is 9.06. The van der Waals surface area contributed by atoms with E-state index in [1.807, 2.05) is 36.5 Å². The third-order valence-corrected chi connectivity index (χ3v) is 4.97. The van der Waals surface area contributed by atoms with Gasteiger partial charge in [-0.05, 0) is 30.5 Å². The first-order chi connectivity index (χ1) is 13.3. The van der Waals surface area contributed by atoms with Gasteiger partial charge in [0, 0.05) is 24.8 Å². The SMILES string of the molecule is NCc1ccccc1-c1cnc2c(N3CCCc4ncccc43)n[nH]c2n1. The Morgan fingerprint density at radius 1 is 1.11 bits per heavy atom. The third kappa shape index (κ3) is 2.63. The highest BCUT2D eigenvalue weighted by atomic mass is 15.3. The summed E-state index contributed by atoms with van der Waals surface area (Å²) in [5, 5.41) is 7.57. The molecule has 0 unspecified atom stereocenters. The van der Waals surface area contributed by atoms with Crippen molar-refractivity contribution in [1.82, 2.24) is 25.1 Å². The summed E-state index contributed by atoms with van der Waals surface area (Å²) in [5.74, 6) is 0.796. The van der Waals surface area contributed by atoms with Gasteiger partial charge in [-0.15, -0.1) is 0 Å². The van der Waals surface area contributed by atoms with Gasteiger partial charge in [-0.25, -0.2) is 9.97 Å². The molecule has 3 aromatic heterocycles. The molecular formula is C20H19N7. The van der Waals surface area contributed by atoms with Crippen LogP contribution in [0.4, 0.5) is 11.5 Å². The number of nitrogens with one attached hydrogen (secondary N) is 1. The number of pyridine rings is 1. The Kier molecular flexibility index (Phi) is 3.79. The molecule has 1 aliphatic heterocycles. The lowest BCUT2D eigenvalue weighted by molar-refractivity contribution is 0.738. The van der Waals surface area contributed by atoms with E-state index in [9.17, 15) is 0 Å². The summed E-state index contributed by atoms with van der Waals surface area (Å²) < 4.78 is 0. The van der Waals surface area contributed by atoms with Crippen LogP contribution in [0.5, 0.6) is 0 Å². The average molecular weight is 357 g/mol. The van der Waals surface area contributed by atoms with Crippen molar-refractivity contribution in [3.8, 4) is 11.3 Å². The van der Waals surface area contributed by atoms with Crippen molar-refractivity contribution in [1.29, 1.82) is 0 Å². The number of nitrogens with two attached hydrogens (primary N) is 1. The van der Waals surface area contributed by atoms with E-state index in [0.717, 1.165) is 58.9 Å². The van der Waals surface area contributed by atoms with E-state index in [-0.39, 0.29) is 0 Å². The van der Waals surface area contributed by atoms with Gasteiger partial charge in [-0.3, -0.25) is 10.1 Å². The molecule has 3 N–H and O–H groups in total. The number of benzene rings is 1.